The Labute approximate surface area is 98.1 Å². The minimum Gasteiger partial charge on any atom is -0.360 e. The molecule has 0 amide bonds. The molecule has 0 spiro atoms. The molecule has 1 aliphatic heterocycles. The van der Waals surface area contributed by atoms with E-state index < -0.39 is 0 Å². The molecule has 82 valence electrons. The Kier molecular flexibility index (Phi) is 1.55. The number of hydrogen-bond donors (Lipinski definition) is 0. The standard InChI is InChI=1S/C14H9NO2/c16-14-9-5-2-1-4-8(9)13-12-10(14)6-3-7-11(12)17-15-13/h1-7,10,12H. The predicted octanol–water partition coefficient (Wildman–Crippen LogP) is 2.30. The van der Waals surface area contributed by atoms with Crippen molar-refractivity contribution in [2.24, 2.45) is 17.0 Å². The average Bonchev–Trinajstić information content (AvgIpc) is 2.81. The molecular formula is C14H9NO2. The molecule has 4 rings (SSSR count). The molecule has 2 unspecified atom stereocenters. The number of carbonyl (C=O) groups excluding carboxylic acids is 1. The number of rotatable bonds is 0. The van der Waals surface area contributed by atoms with Crippen LogP contribution in [-0.4, -0.2) is 11.5 Å². The smallest absolute Gasteiger partial charge is 0.171 e. The Morgan fingerprint density at radius 3 is 2.88 bits per heavy atom. The van der Waals surface area contributed by atoms with Gasteiger partial charge in [0.15, 0.2) is 5.78 Å². The first-order chi connectivity index (χ1) is 8.36. The van der Waals surface area contributed by atoms with Gasteiger partial charge in [-0.1, -0.05) is 41.6 Å². The lowest BCUT2D eigenvalue weighted by atomic mass is 9.71. The summed E-state index contributed by atoms with van der Waals surface area (Å²) >= 11 is 0. The maximum Gasteiger partial charge on any atom is 0.171 e. The Morgan fingerprint density at radius 1 is 1.18 bits per heavy atom. The maximum absolute atomic E-state index is 12.4. The normalized spacial score (nSPS) is 27.9. The zero-order valence-corrected chi connectivity index (χ0v) is 8.96. The minimum atomic E-state index is -0.147. The van der Waals surface area contributed by atoms with Crippen LogP contribution in [0.25, 0.3) is 0 Å². The minimum absolute atomic E-state index is 0.0117. The summed E-state index contributed by atoms with van der Waals surface area (Å²) in [6.07, 6.45) is 5.70. The maximum atomic E-state index is 12.4. The first kappa shape index (κ1) is 8.93. The highest BCUT2D eigenvalue weighted by molar-refractivity contribution is 6.19. The van der Waals surface area contributed by atoms with Crippen LogP contribution in [0.3, 0.4) is 0 Å². The number of hydrogen-bond acceptors (Lipinski definition) is 3. The van der Waals surface area contributed by atoms with Crippen molar-refractivity contribution in [2.45, 2.75) is 0 Å². The predicted molar refractivity (Wildman–Crippen MR) is 62.6 cm³/mol. The quantitative estimate of drug-likeness (QED) is 0.677. The summed E-state index contributed by atoms with van der Waals surface area (Å²) in [7, 11) is 0. The summed E-state index contributed by atoms with van der Waals surface area (Å²) in [4.78, 5) is 17.7. The van der Waals surface area contributed by atoms with Crippen molar-refractivity contribution in [1.29, 1.82) is 0 Å². The second kappa shape index (κ2) is 2.94. The number of allylic oxidation sites excluding steroid dienone is 4. The molecule has 0 bridgehead atoms. The summed E-state index contributed by atoms with van der Waals surface area (Å²) in [6, 6.07) is 7.61. The van der Waals surface area contributed by atoms with Gasteiger partial charge in [-0.25, -0.2) is 0 Å². The lowest BCUT2D eigenvalue weighted by molar-refractivity contribution is 0.0916. The summed E-state index contributed by atoms with van der Waals surface area (Å²) < 4.78 is 0. The van der Waals surface area contributed by atoms with Gasteiger partial charge in [-0.15, -0.1) is 0 Å². The van der Waals surface area contributed by atoms with E-state index in [-0.39, 0.29) is 17.6 Å². The van der Waals surface area contributed by atoms with Gasteiger partial charge in [0, 0.05) is 11.1 Å². The summed E-state index contributed by atoms with van der Waals surface area (Å²) in [6.45, 7) is 0. The van der Waals surface area contributed by atoms with Gasteiger partial charge >= 0.3 is 0 Å². The largest absolute Gasteiger partial charge is 0.360 e. The SMILES string of the molecule is O=C1c2ccccc2C2=NOC3=CC=CC1C32. The van der Waals surface area contributed by atoms with Crippen molar-refractivity contribution in [2.75, 3.05) is 0 Å². The fourth-order valence-corrected chi connectivity index (χ4v) is 2.77. The van der Waals surface area contributed by atoms with Gasteiger partial charge in [0.1, 0.15) is 11.5 Å². The van der Waals surface area contributed by atoms with Crippen LogP contribution in [0, 0.1) is 11.8 Å². The molecule has 0 fully saturated rings. The van der Waals surface area contributed by atoms with E-state index in [9.17, 15) is 4.79 Å². The molecule has 0 radical (unpaired) electrons. The molecule has 2 atom stereocenters. The van der Waals surface area contributed by atoms with E-state index in [2.05, 4.69) is 5.16 Å². The third kappa shape index (κ3) is 1.01. The highest BCUT2D eigenvalue weighted by Crippen LogP contribution is 2.41. The zero-order valence-electron chi connectivity index (χ0n) is 8.96. The van der Waals surface area contributed by atoms with Gasteiger partial charge in [0.25, 0.3) is 0 Å². The number of nitrogens with zero attached hydrogens (tertiary/aromatic N) is 1. The van der Waals surface area contributed by atoms with Crippen LogP contribution in [0.4, 0.5) is 0 Å². The van der Waals surface area contributed by atoms with Crippen LogP contribution in [0.2, 0.25) is 0 Å². The van der Waals surface area contributed by atoms with Gasteiger partial charge in [0.05, 0.1) is 11.8 Å². The third-order valence-electron chi connectivity index (χ3n) is 3.56. The molecule has 1 aromatic rings. The summed E-state index contributed by atoms with van der Waals surface area (Å²) in [5.41, 5.74) is 2.56. The van der Waals surface area contributed by atoms with E-state index in [1.165, 1.54) is 0 Å². The molecule has 3 nitrogen and oxygen atoms in total. The first-order valence-corrected chi connectivity index (χ1v) is 5.63. The molecule has 1 aromatic carbocycles. The number of ketones is 1. The molecule has 17 heavy (non-hydrogen) atoms. The Bertz CT molecular complexity index is 625. The number of carbonyl (C=O) groups is 1. The summed E-state index contributed by atoms with van der Waals surface area (Å²) in [5.74, 6) is 0.792. The Hall–Kier alpha value is -2.16. The molecule has 2 aliphatic carbocycles. The van der Waals surface area contributed by atoms with Gasteiger partial charge in [-0.05, 0) is 6.08 Å². The van der Waals surface area contributed by atoms with Crippen molar-refractivity contribution in [3.05, 3.63) is 59.4 Å². The van der Waals surface area contributed by atoms with E-state index in [1.807, 2.05) is 42.5 Å². The van der Waals surface area contributed by atoms with Gasteiger partial charge in [-0.2, -0.15) is 0 Å². The molecule has 0 saturated heterocycles. The molecular weight excluding hydrogens is 214 g/mol. The molecule has 0 saturated carbocycles. The molecule has 0 N–H and O–H groups in total. The number of benzene rings is 1. The van der Waals surface area contributed by atoms with Crippen LogP contribution in [0.5, 0.6) is 0 Å². The second-order valence-corrected chi connectivity index (χ2v) is 4.44. The fraction of sp³-hybridized carbons (Fsp3) is 0.143. The van der Waals surface area contributed by atoms with Crippen molar-refractivity contribution in [3.8, 4) is 0 Å². The Balaban J connectivity index is 2.02. The highest BCUT2D eigenvalue weighted by atomic mass is 16.6. The zero-order chi connectivity index (χ0) is 11.4. The average molecular weight is 223 g/mol. The number of Topliss-reactive ketones (excluding diaryl/α,β-unsaturated/α-hetero) is 1. The van der Waals surface area contributed by atoms with Crippen molar-refractivity contribution >= 4 is 11.5 Å². The van der Waals surface area contributed by atoms with Crippen molar-refractivity contribution in [3.63, 3.8) is 0 Å². The van der Waals surface area contributed by atoms with Gasteiger partial charge < -0.3 is 4.84 Å². The van der Waals surface area contributed by atoms with E-state index in [1.54, 1.807) is 0 Å². The number of oxime groups is 1. The van der Waals surface area contributed by atoms with Gasteiger partial charge in [-0.3, -0.25) is 4.79 Å². The lowest BCUT2D eigenvalue weighted by Gasteiger charge is -2.28. The number of fused-ring (bicyclic) bond motifs is 2. The molecule has 3 heteroatoms. The van der Waals surface area contributed by atoms with Crippen LogP contribution < -0.4 is 0 Å². The van der Waals surface area contributed by atoms with Crippen molar-refractivity contribution < 1.29 is 9.63 Å². The van der Waals surface area contributed by atoms with Crippen LogP contribution >= 0.6 is 0 Å². The van der Waals surface area contributed by atoms with E-state index in [4.69, 9.17) is 4.84 Å². The topological polar surface area (TPSA) is 38.7 Å². The molecule has 3 aliphatic rings. The van der Waals surface area contributed by atoms with E-state index >= 15 is 0 Å². The molecule has 0 aromatic heterocycles. The second-order valence-electron chi connectivity index (χ2n) is 4.44. The third-order valence-corrected chi connectivity index (χ3v) is 3.56. The van der Waals surface area contributed by atoms with E-state index in [0.717, 1.165) is 22.6 Å². The first-order valence-electron chi connectivity index (χ1n) is 5.63. The highest BCUT2D eigenvalue weighted by Gasteiger charge is 2.45. The van der Waals surface area contributed by atoms with Crippen LogP contribution in [0.1, 0.15) is 15.9 Å². The van der Waals surface area contributed by atoms with Crippen LogP contribution in [0.15, 0.2) is 53.4 Å². The monoisotopic (exact) mass is 223 g/mol. The van der Waals surface area contributed by atoms with E-state index in [0.29, 0.717) is 0 Å². The Morgan fingerprint density at radius 2 is 2.00 bits per heavy atom. The van der Waals surface area contributed by atoms with Crippen molar-refractivity contribution in [1.82, 2.24) is 0 Å². The fourth-order valence-electron chi connectivity index (χ4n) is 2.77. The molecule has 1 heterocycles. The van der Waals surface area contributed by atoms with Crippen LogP contribution in [-0.2, 0) is 4.84 Å². The summed E-state index contributed by atoms with van der Waals surface area (Å²) in [5, 5.41) is 4.13. The lowest BCUT2D eigenvalue weighted by Crippen LogP contribution is -2.35. The van der Waals surface area contributed by atoms with Gasteiger partial charge in [0.2, 0.25) is 0 Å².